The maximum atomic E-state index is 11.4. The zero-order valence-corrected chi connectivity index (χ0v) is 10.0. The Hall–Kier alpha value is -0.810. The second-order valence-electron chi connectivity index (χ2n) is 3.21. The number of rotatable bonds is 5. The van der Waals surface area contributed by atoms with Gasteiger partial charge in [0, 0.05) is 26.5 Å². The fourth-order valence-corrected chi connectivity index (χ4v) is 1.08. The number of nitrogens with zero attached hydrogens (tertiary/aromatic N) is 1. The van der Waals surface area contributed by atoms with E-state index >= 15 is 0 Å². The molecule has 0 aromatic rings. The Kier molecular flexibility index (Phi) is 7.07. The smallest absolute Gasteiger partial charge is 0.324 e. The number of likely N-dealkylation sites (N-methyl/N-ethyl adjacent to an activating group) is 1. The number of alkyl halides is 1. The molecule has 1 unspecified atom stereocenters. The van der Waals surface area contributed by atoms with Gasteiger partial charge in [0.2, 0.25) is 5.91 Å². The topological polar surface area (TPSA) is 58.6 Å². The van der Waals surface area contributed by atoms with Crippen LogP contribution in [0.25, 0.3) is 0 Å². The van der Waals surface area contributed by atoms with Gasteiger partial charge in [-0.05, 0) is 6.92 Å². The minimum Gasteiger partial charge on any atom is -0.383 e. The molecule has 0 aromatic carbocycles. The number of amides is 3. The summed E-state index contributed by atoms with van der Waals surface area (Å²) in [4.78, 5) is 23.9. The van der Waals surface area contributed by atoms with E-state index in [9.17, 15) is 9.59 Å². The Balaban J connectivity index is 4.03. The van der Waals surface area contributed by atoms with Gasteiger partial charge in [0.25, 0.3) is 0 Å². The van der Waals surface area contributed by atoms with Gasteiger partial charge in [-0.15, -0.1) is 11.6 Å². The number of imide groups is 1. The van der Waals surface area contributed by atoms with Crippen LogP contribution < -0.4 is 5.32 Å². The van der Waals surface area contributed by atoms with Crippen molar-refractivity contribution in [1.82, 2.24) is 10.2 Å². The molecule has 0 radical (unpaired) electrons. The Labute approximate surface area is 94.7 Å². The third-order valence-corrected chi connectivity index (χ3v) is 2.15. The lowest BCUT2D eigenvalue weighted by Crippen LogP contribution is -2.46. The zero-order chi connectivity index (χ0) is 11.8. The number of hydrogen-bond donors (Lipinski definition) is 1. The Bertz CT molecular complexity index is 223. The number of carbonyl (C=O) groups excluding carboxylic acids is 2. The molecule has 0 saturated carbocycles. The minimum absolute atomic E-state index is 0.0844. The lowest BCUT2D eigenvalue weighted by molar-refractivity contribution is -0.119. The summed E-state index contributed by atoms with van der Waals surface area (Å²) >= 11 is 5.37. The average molecular weight is 237 g/mol. The standard InChI is InChI=1S/C9H17ClN2O3/c1-7(6-15-3)12(2)9(14)11-8(13)4-5-10/h7H,4-6H2,1-3H3,(H,11,13,14). The van der Waals surface area contributed by atoms with Gasteiger partial charge in [-0.3, -0.25) is 10.1 Å². The van der Waals surface area contributed by atoms with Gasteiger partial charge >= 0.3 is 6.03 Å². The molecule has 88 valence electrons. The van der Waals surface area contributed by atoms with Gasteiger partial charge in [0.1, 0.15) is 0 Å². The predicted octanol–water partition coefficient (Wildman–Crippen LogP) is 0.818. The maximum absolute atomic E-state index is 11.4. The number of ether oxygens (including phenoxy) is 1. The molecule has 0 aromatic heterocycles. The second-order valence-corrected chi connectivity index (χ2v) is 3.59. The monoisotopic (exact) mass is 236 g/mol. The van der Waals surface area contributed by atoms with Crippen LogP contribution in [-0.4, -0.2) is 49.5 Å². The molecule has 1 atom stereocenters. The second kappa shape index (κ2) is 7.48. The Morgan fingerprint density at radius 2 is 2.13 bits per heavy atom. The van der Waals surface area contributed by atoms with Gasteiger partial charge in [-0.25, -0.2) is 4.79 Å². The van der Waals surface area contributed by atoms with E-state index in [1.165, 1.54) is 4.90 Å². The number of urea groups is 1. The zero-order valence-electron chi connectivity index (χ0n) is 9.25. The van der Waals surface area contributed by atoms with Gasteiger partial charge < -0.3 is 9.64 Å². The molecule has 0 spiro atoms. The summed E-state index contributed by atoms with van der Waals surface area (Å²) in [6, 6.07) is -0.520. The fraction of sp³-hybridized carbons (Fsp3) is 0.778. The van der Waals surface area contributed by atoms with E-state index in [2.05, 4.69) is 5.32 Å². The van der Waals surface area contributed by atoms with Crippen molar-refractivity contribution in [3.63, 3.8) is 0 Å². The first-order chi connectivity index (χ1) is 7.02. The lowest BCUT2D eigenvalue weighted by Gasteiger charge is -2.23. The first kappa shape index (κ1) is 14.2. The summed E-state index contributed by atoms with van der Waals surface area (Å²) in [7, 11) is 3.16. The van der Waals surface area contributed by atoms with Crippen molar-refractivity contribution in [2.24, 2.45) is 0 Å². The van der Waals surface area contributed by atoms with Crippen molar-refractivity contribution < 1.29 is 14.3 Å². The molecule has 0 saturated heterocycles. The molecule has 5 nitrogen and oxygen atoms in total. The molecule has 0 fully saturated rings. The molecule has 0 aliphatic rings. The fourth-order valence-electron chi connectivity index (χ4n) is 0.909. The van der Waals surface area contributed by atoms with Crippen molar-refractivity contribution in [3.05, 3.63) is 0 Å². The van der Waals surface area contributed by atoms with E-state index in [-0.39, 0.29) is 24.2 Å². The number of nitrogens with one attached hydrogen (secondary N) is 1. The SMILES string of the molecule is COCC(C)N(C)C(=O)NC(=O)CCCl. The van der Waals surface area contributed by atoms with E-state index in [0.717, 1.165) is 0 Å². The summed E-state index contributed by atoms with van der Waals surface area (Å²) in [6.07, 6.45) is 0.139. The van der Waals surface area contributed by atoms with Crippen LogP contribution in [0.3, 0.4) is 0 Å². The normalized spacial score (nSPS) is 12.0. The molecule has 0 rings (SSSR count). The average Bonchev–Trinajstić information content (AvgIpc) is 2.17. The van der Waals surface area contributed by atoms with E-state index < -0.39 is 6.03 Å². The van der Waals surface area contributed by atoms with Crippen molar-refractivity contribution in [3.8, 4) is 0 Å². The molecule has 0 aliphatic carbocycles. The van der Waals surface area contributed by atoms with Crippen LogP contribution in [0.15, 0.2) is 0 Å². The summed E-state index contributed by atoms with van der Waals surface area (Å²) in [6.45, 7) is 2.25. The van der Waals surface area contributed by atoms with Crippen LogP contribution in [-0.2, 0) is 9.53 Å². The molecular weight excluding hydrogens is 220 g/mol. The van der Waals surface area contributed by atoms with Crippen LogP contribution >= 0.6 is 11.6 Å². The third-order valence-electron chi connectivity index (χ3n) is 1.96. The Morgan fingerprint density at radius 1 is 1.53 bits per heavy atom. The molecule has 6 heteroatoms. The highest BCUT2D eigenvalue weighted by Crippen LogP contribution is 1.96. The third kappa shape index (κ3) is 5.59. The molecular formula is C9H17ClN2O3. The minimum atomic E-state index is -0.435. The summed E-state index contributed by atoms with van der Waals surface area (Å²) in [5.74, 6) is -0.164. The van der Waals surface area contributed by atoms with Crippen molar-refractivity contribution in [1.29, 1.82) is 0 Å². The van der Waals surface area contributed by atoms with E-state index in [1.807, 2.05) is 6.92 Å². The van der Waals surface area contributed by atoms with Gasteiger partial charge in [0.15, 0.2) is 0 Å². The molecule has 15 heavy (non-hydrogen) atoms. The van der Waals surface area contributed by atoms with E-state index in [0.29, 0.717) is 6.61 Å². The maximum Gasteiger partial charge on any atom is 0.324 e. The number of halogens is 1. The van der Waals surface area contributed by atoms with Crippen molar-refractivity contribution >= 4 is 23.5 Å². The lowest BCUT2D eigenvalue weighted by atomic mass is 10.3. The molecule has 0 aliphatic heterocycles. The number of hydrogen-bond acceptors (Lipinski definition) is 3. The molecule has 0 bridgehead atoms. The van der Waals surface area contributed by atoms with Gasteiger partial charge in [-0.1, -0.05) is 0 Å². The largest absolute Gasteiger partial charge is 0.383 e. The quantitative estimate of drug-likeness (QED) is 0.719. The summed E-state index contributed by atoms with van der Waals surface area (Å²) in [5.41, 5.74) is 0. The van der Waals surface area contributed by atoms with Crippen LogP contribution in [0.5, 0.6) is 0 Å². The highest BCUT2D eigenvalue weighted by Gasteiger charge is 2.17. The first-order valence-corrected chi connectivity index (χ1v) is 5.18. The predicted molar refractivity (Wildman–Crippen MR) is 58.0 cm³/mol. The first-order valence-electron chi connectivity index (χ1n) is 4.64. The summed E-state index contributed by atoms with van der Waals surface area (Å²) in [5, 5.41) is 2.23. The van der Waals surface area contributed by atoms with Gasteiger partial charge in [0.05, 0.1) is 12.6 Å². The van der Waals surface area contributed by atoms with Crippen molar-refractivity contribution in [2.75, 3.05) is 26.6 Å². The van der Waals surface area contributed by atoms with Gasteiger partial charge in [-0.2, -0.15) is 0 Å². The van der Waals surface area contributed by atoms with Crippen molar-refractivity contribution in [2.45, 2.75) is 19.4 Å². The molecule has 0 heterocycles. The summed E-state index contributed by atoms with van der Waals surface area (Å²) < 4.78 is 4.90. The van der Waals surface area contributed by atoms with Crippen LogP contribution in [0.4, 0.5) is 4.79 Å². The molecule has 3 amide bonds. The van der Waals surface area contributed by atoms with Crippen LogP contribution in [0.1, 0.15) is 13.3 Å². The molecule has 1 N–H and O–H groups in total. The highest BCUT2D eigenvalue weighted by atomic mass is 35.5. The van der Waals surface area contributed by atoms with Crippen LogP contribution in [0.2, 0.25) is 0 Å². The highest BCUT2D eigenvalue weighted by molar-refractivity contribution is 6.19. The Morgan fingerprint density at radius 3 is 2.60 bits per heavy atom. The van der Waals surface area contributed by atoms with E-state index in [1.54, 1.807) is 14.2 Å². The van der Waals surface area contributed by atoms with E-state index in [4.69, 9.17) is 16.3 Å². The number of methoxy groups -OCH3 is 1. The van der Waals surface area contributed by atoms with Crippen LogP contribution in [0, 0.1) is 0 Å². The number of carbonyl (C=O) groups is 2.